The van der Waals surface area contributed by atoms with Crippen LogP contribution in [-0.2, 0) is 10.8 Å². The average molecular weight is 289 g/mol. The van der Waals surface area contributed by atoms with Crippen molar-refractivity contribution in [1.82, 2.24) is 0 Å². The fourth-order valence-electron chi connectivity index (χ4n) is 1.92. The van der Waals surface area contributed by atoms with Crippen LogP contribution in [0.15, 0.2) is 18.2 Å². The van der Waals surface area contributed by atoms with Gasteiger partial charge < -0.3 is 5.32 Å². The van der Waals surface area contributed by atoms with E-state index in [1.54, 1.807) is 6.07 Å². The minimum atomic E-state index is -0.704. The van der Waals surface area contributed by atoms with Gasteiger partial charge in [-0.25, -0.2) is 0 Å². The van der Waals surface area contributed by atoms with Crippen LogP contribution in [0.4, 0.5) is 11.4 Å². The molecular weight excluding hydrogens is 276 g/mol. The highest BCUT2D eigenvalue weighted by molar-refractivity contribution is 7.85. The topological polar surface area (TPSA) is 72.2 Å². The van der Waals surface area contributed by atoms with Crippen molar-refractivity contribution in [2.45, 2.75) is 18.9 Å². The zero-order valence-corrected chi connectivity index (χ0v) is 11.2. The molecule has 98 valence electrons. The first kappa shape index (κ1) is 13.3. The molecule has 1 aliphatic heterocycles. The average Bonchev–Trinajstić information content (AvgIpc) is 2.34. The van der Waals surface area contributed by atoms with Gasteiger partial charge in [-0.15, -0.1) is 0 Å². The van der Waals surface area contributed by atoms with E-state index < -0.39 is 15.7 Å². The van der Waals surface area contributed by atoms with Gasteiger partial charge in [-0.05, 0) is 25.0 Å². The Balaban J connectivity index is 2.07. The standard InChI is InChI=1S/C11H13ClN2O3S/c12-10-2-1-9(7-11(10)14(15)16)13-8-3-5-18(17)6-4-8/h1-2,7-8,13H,3-6H2. The van der Waals surface area contributed by atoms with Crippen molar-refractivity contribution in [3.63, 3.8) is 0 Å². The van der Waals surface area contributed by atoms with Gasteiger partial charge in [0.05, 0.1) is 4.92 Å². The number of hydrogen-bond donors (Lipinski definition) is 1. The number of halogens is 1. The Morgan fingerprint density at radius 3 is 2.67 bits per heavy atom. The first-order chi connectivity index (χ1) is 8.56. The van der Waals surface area contributed by atoms with Crippen LogP contribution in [-0.4, -0.2) is 26.7 Å². The summed E-state index contributed by atoms with van der Waals surface area (Å²) in [6, 6.07) is 4.90. The molecule has 0 spiro atoms. The lowest BCUT2D eigenvalue weighted by Gasteiger charge is -2.23. The lowest BCUT2D eigenvalue weighted by atomic mass is 10.1. The summed E-state index contributed by atoms with van der Waals surface area (Å²) in [5, 5.41) is 14.1. The molecule has 1 aromatic carbocycles. The van der Waals surface area contributed by atoms with Crippen molar-refractivity contribution in [2.24, 2.45) is 0 Å². The van der Waals surface area contributed by atoms with E-state index in [2.05, 4.69) is 5.32 Å². The molecule has 1 N–H and O–H groups in total. The molecule has 0 amide bonds. The van der Waals surface area contributed by atoms with E-state index in [0.29, 0.717) is 17.2 Å². The first-order valence-corrected chi connectivity index (χ1v) is 7.48. The third-order valence-electron chi connectivity index (χ3n) is 2.90. The maximum Gasteiger partial charge on any atom is 0.289 e. The summed E-state index contributed by atoms with van der Waals surface area (Å²) < 4.78 is 11.2. The van der Waals surface area contributed by atoms with E-state index in [0.717, 1.165) is 12.8 Å². The molecule has 1 aromatic rings. The minimum absolute atomic E-state index is 0.0962. The molecule has 0 atom stereocenters. The maximum atomic E-state index is 11.2. The summed E-state index contributed by atoms with van der Waals surface area (Å²) in [4.78, 5) is 10.3. The summed E-state index contributed by atoms with van der Waals surface area (Å²) >= 11 is 5.74. The van der Waals surface area contributed by atoms with Crippen LogP contribution in [0, 0.1) is 10.1 Å². The molecule has 0 saturated carbocycles. The molecule has 2 rings (SSSR count). The Morgan fingerprint density at radius 1 is 1.39 bits per heavy atom. The van der Waals surface area contributed by atoms with Crippen molar-refractivity contribution >= 4 is 33.8 Å². The molecule has 1 aliphatic rings. The van der Waals surface area contributed by atoms with E-state index in [1.807, 2.05) is 0 Å². The number of nitrogens with one attached hydrogen (secondary N) is 1. The molecule has 0 radical (unpaired) electrons. The van der Waals surface area contributed by atoms with Crippen LogP contribution >= 0.6 is 11.6 Å². The molecule has 0 bridgehead atoms. The van der Waals surface area contributed by atoms with Gasteiger partial charge in [0.1, 0.15) is 5.02 Å². The molecular formula is C11H13ClN2O3S. The van der Waals surface area contributed by atoms with Crippen molar-refractivity contribution < 1.29 is 9.13 Å². The summed E-state index contributed by atoms with van der Waals surface area (Å²) in [5.41, 5.74) is 0.588. The number of anilines is 1. The predicted molar refractivity (Wildman–Crippen MR) is 72.6 cm³/mol. The van der Waals surface area contributed by atoms with Crippen LogP contribution in [0.25, 0.3) is 0 Å². The van der Waals surface area contributed by atoms with E-state index in [9.17, 15) is 14.3 Å². The summed E-state index contributed by atoms with van der Waals surface area (Å²) in [5.74, 6) is 1.38. The number of nitro groups is 1. The Bertz CT molecular complexity index is 485. The monoisotopic (exact) mass is 288 g/mol. The van der Waals surface area contributed by atoms with Crippen molar-refractivity contribution in [2.75, 3.05) is 16.8 Å². The normalized spacial score (nSPS) is 23.6. The number of nitrogens with zero attached hydrogens (tertiary/aromatic N) is 1. The van der Waals surface area contributed by atoms with E-state index in [1.165, 1.54) is 12.1 Å². The summed E-state index contributed by atoms with van der Waals surface area (Å²) in [6.07, 6.45) is 1.64. The van der Waals surface area contributed by atoms with Crippen LogP contribution in [0.2, 0.25) is 5.02 Å². The lowest BCUT2D eigenvalue weighted by Crippen LogP contribution is -2.29. The highest BCUT2D eigenvalue weighted by Crippen LogP contribution is 2.28. The van der Waals surface area contributed by atoms with Gasteiger partial charge in [-0.2, -0.15) is 0 Å². The zero-order chi connectivity index (χ0) is 13.1. The summed E-state index contributed by atoms with van der Waals surface area (Å²) in [7, 11) is -0.704. The number of nitro benzene ring substituents is 1. The highest BCUT2D eigenvalue weighted by Gasteiger charge is 2.19. The Kier molecular flexibility index (Phi) is 4.19. The van der Waals surface area contributed by atoms with E-state index in [4.69, 9.17) is 11.6 Å². The van der Waals surface area contributed by atoms with Gasteiger partial charge in [0.25, 0.3) is 5.69 Å². The lowest BCUT2D eigenvalue weighted by molar-refractivity contribution is -0.384. The van der Waals surface area contributed by atoms with Gasteiger partial charge in [-0.1, -0.05) is 11.6 Å². The number of benzene rings is 1. The molecule has 0 aliphatic carbocycles. The second kappa shape index (κ2) is 5.67. The first-order valence-electron chi connectivity index (χ1n) is 5.61. The quantitative estimate of drug-likeness (QED) is 0.685. The summed E-state index contributed by atoms with van der Waals surface area (Å²) in [6.45, 7) is 0. The molecule has 5 nitrogen and oxygen atoms in total. The Hall–Kier alpha value is -1.14. The molecule has 0 unspecified atom stereocenters. The van der Waals surface area contributed by atoms with Crippen LogP contribution < -0.4 is 5.32 Å². The van der Waals surface area contributed by atoms with Crippen molar-refractivity contribution in [3.8, 4) is 0 Å². The van der Waals surface area contributed by atoms with Gasteiger partial charge in [0, 0.05) is 40.1 Å². The number of rotatable bonds is 3. The third kappa shape index (κ3) is 3.20. The largest absolute Gasteiger partial charge is 0.382 e. The highest BCUT2D eigenvalue weighted by atomic mass is 35.5. The molecule has 1 saturated heterocycles. The fourth-order valence-corrected chi connectivity index (χ4v) is 3.40. The Morgan fingerprint density at radius 2 is 2.06 bits per heavy atom. The molecule has 1 fully saturated rings. The van der Waals surface area contributed by atoms with E-state index in [-0.39, 0.29) is 16.8 Å². The zero-order valence-electron chi connectivity index (χ0n) is 9.60. The minimum Gasteiger partial charge on any atom is -0.382 e. The van der Waals surface area contributed by atoms with Gasteiger partial charge in [0.2, 0.25) is 0 Å². The predicted octanol–water partition coefficient (Wildman–Crippen LogP) is 2.57. The second-order valence-electron chi connectivity index (χ2n) is 4.19. The van der Waals surface area contributed by atoms with Crippen LogP contribution in [0.5, 0.6) is 0 Å². The van der Waals surface area contributed by atoms with Crippen LogP contribution in [0.1, 0.15) is 12.8 Å². The van der Waals surface area contributed by atoms with Crippen molar-refractivity contribution in [1.29, 1.82) is 0 Å². The maximum absolute atomic E-state index is 11.2. The van der Waals surface area contributed by atoms with Gasteiger partial charge in [-0.3, -0.25) is 14.3 Å². The van der Waals surface area contributed by atoms with Gasteiger partial charge in [0.15, 0.2) is 0 Å². The van der Waals surface area contributed by atoms with E-state index >= 15 is 0 Å². The molecule has 0 aromatic heterocycles. The third-order valence-corrected chi connectivity index (χ3v) is 4.60. The number of hydrogen-bond acceptors (Lipinski definition) is 4. The molecule has 7 heteroatoms. The Labute approximate surface area is 112 Å². The van der Waals surface area contributed by atoms with Gasteiger partial charge >= 0.3 is 0 Å². The van der Waals surface area contributed by atoms with Crippen molar-refractivity contribution in [3.05, 3.63) is 33.3 Å². The SMILES string of the molecule is O=[N+]([O-])c1cc(NC2CCS(=O)CC2)ccc1Cl. The smallest absolute Gasteiger partial charge is 0.289 e. The van der Waals surface area contributed by atoms with Crippen LogP contribution in [0.3, 0.4) is 0 Å². The molecule has 1 heterocycles. The fraction of sp³-hybridized carbons (Fsp3) is 0.455. The second-order valence-corrected chi connectivity index (χ2v) is 6.29. The molecule has 18 heavy (non-hydrogen) atoms.